The van der Waals surface area contributed by atoms with Gasteiger partial charge in [0.15, 0.2) is 6.04 Å². The molecule has 0 aromatic heterocycles. The van der Waals surface area contributed by atoms with Crippen molar-refractivity contribution in [2.45, 2.75) is 37.6 Å². The van der Waals surface area contributed by atoms with Gasteiger partial charge in [-0.3, -0.25) is 9.89 Å². The number of likely N-dealkylation sites (tertiary alicyclic amines) is 1. The van der Waals surface area contributed by atoms with Crippen LogP contribution in [0.5, 0.6) is 0 Å². The third kappa shape index (κ3) is 7.82. The molecule has 5 rings (SSSR count). The van der Waals surface area contributed by atoms with Crippen LogP contribution in [0.2, 0.25) is 0 Å². The van der Waals surface area contributed by atoms with E-state index in [1.165, 1.54) is 12.1 Å². The van der Waals surface area contributed by atoms with E-state index in [2.05, 4.69) is 15.2 Å². The van der Waals surface area contributed by atoms with Crippen LogP contribution in [0.15, 0.2) is 114 Å². The van der Waals surface area contributed by atoms with Crippen LogP contribution in [-0.4, -0.2) is 51.3 Å². The molecule has 0 saturated carbocycles. The first-order chi connectivity index (χ1) is 20.4. The zero-order valence-electron chi connectivity index (χ0n) is 23.2. The van der Waals surface area contributed by atoms with Gasteiger partial charge in [0.05, 0.1) is 17.7 Å². The number of hydrogen-bond acceptors (Lipinski definition) is 5. The quantitative estimate of drug-likeness (QED) is 0.166. The summed E-state index contributed by atoms with van der Waals surface area (Å²) in [7, 11) is 0. The van der Waals surface area contributed by atoms with Gasteiger partial charge in [-0.1, -0.05) is 97.1 Å². The zero-order chi connectivity index (χ0) is 29.5. The molecule has 1 saturated heterocycles. The molecule has 1 amide bonds. The molecular weight excluding hydrogens is 592 g/mol. The van der Waals surface area contributed by atoms with E-state index in [0.29, 0.717) is 29.8 Å². The number of halogens is 1. The minimum Gasteiger partial charge on any atom is -0.625 e. The third-order valence-corrected chi connectivity index (χ3v) is 7.35. The number of aliphatic hydroxyl groups is 1. The second-order valence-corrected chi connectivity index (χ2v) is 10.2. The fourth-order valence-corrected chi connectivity index (χ4v) is 5.22. The molecule has 0 bridgehead atoms. The molecule has 2 N–H and O–H groups in total. The van der Waals surface area contributed by atoms with Gasteiger partial charge in [0.2, 0.25) is 0 Å². The van der Waals surface area contributed by atoms with Crippen LogP contribution in [-0.2, 0) is 32.6 Å². The maximum absolute atomic E-state index is 13.6. The number of carbonyl (C=O) groups is 2. The number of nitrogens with zero attached hydrogens (tertiary/aromatic N) is 3. The van der Waals surface area contributed by atoms with Gasteiger partial charge >= 0.3 is 5.97 Å². The average Bonchev–Trinajstić information content (AvgIpc) is 3.47. The second-order valence-electron chi connectivity index (χ2n) is 10.2. The van der Waals surface area contributed by atoms with E-state index in [-0.39, 0.29) is 39.7 Å². The molecule has 4 aromatic carbocycles. The first-order valence-electron chi connectivity index (χ1n) is 13.8. The molecule has 4 aromatic rings. The monoisotopic (exact) mass is 622 g/mol. The fourth-order valence-electron chi connectivity index (χ4n) is 5.22. The standard InChI is InChI=1S/C34H32FN3O4.Ni/c35-26-19-17-25(18-20-26)32(39)31(34(41)42)37-30(24-12-5-2-6-13-24)27-14-7-8-15-28(27)36-33(40)29-16-9-21-38(29)22-23-10-3-1-4-11-23;/h1-8,10-15,17-20,29,31-32,39H,9,16,21-22H2,(H2,36,37,40,41,42);/p-1/t29-,31+,32+;/m0./s1. The molecule has 1 heterocycles. The van der Waals surface area contributed by atoms with Crippen LogP contribution in [0.4, 0.5) is 10.1 Å². The van der Waals surface area contributed by atoms with Crippen LogP contribution in [0.3, 0.4) is 0 Å². The van der Waals surface area contributed by atoms with Crippen molar-refractivity contribution in [2.24, 2.45) is 4.99 Å². The Balaban J connectivity index is 0.00000423. The summed E-state index contributed by atoms with van der Waals surface area (Å²) in [6.07, 6.45) is 0.0400. The summed E-state index contributed by atoms with van der Waals surface area (Å²) in [6.45, 7) is 1.44. The predicted octanol–water partition coefficient (Wildman–Crippen LogP) is 6.04. The van der Waals surface area contributed by atoms with Gasteiger partial charge in [-0.15, -0.1) is 5.69 Å². The first-order valence-corrected chi connectivity index (χ1v) is 13.8. The summed E-state index contributed by atoms with van der Waals surface area (Å²) in [4.78, 5) is 32.6. The van der Waals surface area contributed by atoms with Gasteiger partial charge in [-0.25, -0.2) is 9.18 Å². The van der Waals surface area contributed by atoms with E-state index >= 15 is 0 Å². The van der Waals surface area contributed by atoms with Crippen molar-refractivity contribution in [3.05, 3.63) is 143 Å². The molecule has 9 heteroatoms. The van der Waals surface area contributed by atoms with Gasteiger partial charge in [0.25, 0.3) is 0 Å². The molecule has 224 valence electrons. The topological polar surface area (TPSA) is 104 Å². The van der Waals surface area contributed by atoms with Gasteiger partial charge in [0, 0.05) is 28.6 Å². The molecule has 1 aliphatic rings. The Morgan fingerprint density at radius 1 is 0.907 bits per heavy atom. The van der Waals surface area contributed by atoms with Crippen molar-refractivity contribution in [1.29, 1.82) is 0 Å². The SMILES string of the molecule is O=C(O)[C@H](N=C(c1ccccc1)c1ccccc1[N-]C(=O)[C@@H]1CCCN1Cc1ccccc1)[C@H](O)c1ccc(F)cc1.[Ni]. The number of aliphatic imine (C=N–C) groups is 1. The molecule has 7 nitrogen and oxygen atoms in total. The number of benzene rings is 4. The van der Waals surface area contributed by atoms with Crippen molar-refractivity contribution in [2.75, 3.05) is 6.54 Å². The number of rotatable bonds is 10. The zero-order valence-corrected chi connectivity index (χ0v) is 24.2. The molecule has 43 heavy (non-hydrogen) atoms. The molecule has 1 fully saturated rings. The van der Waals surface area contributed by atoms with E-state index < -0.39 is 23.9 Å². The maximum Gasteiger partial charge on any atom is 0.331 e. The molecule has 0 aliphatic carbocycles. The Bertz CT molecular complexity index is 1550. The average molecular weight is 623 g/mol. The van der Waals surface area contributed by atoms with Crippen molar-refractivity contribution < 1.29 is 40.7 Å². The number of para-hydroxylation sites is 1. The predicted molar refractivity (Wildman–Crippen MR) is 159 cm³/mol. The Morgan fingerprint density at radius 2 is 1.53 bits per heavy atom. The molecule has 0 radical (unpaired) electrons. The summed E-state index contributed by atoms with van der Waals surface area (Å²) in [5.41, 5.74) is 3.02. The van der Waals surface area contributed by atoms with E-state index in [1.54, 1.807) is 48.5 Å². The van der Waals surface area contributed by atoms with Crippen molar-refractivity contribution in [1.82, 2.24) is 4.90 Å². The van der Waals surface area contributed by atoms with Crippen LogP contribution in [0, 0.1) is 5.82 Å². The number of amides is 1. The van der Waals surface area contributed by atoms with Gasteiger partial charge in [-0.05, 0) is 48.2 Å². The third-order valence-electron chi connectivity index (χ3n) is 7.35. The fraction of sp³-hybridized carbons (Fsp3) is 0.206. The van der Waals surface area contributed by atoms with Crippen molar-refractivity contribution >= 4 is 23.3 Å². The normalized spacial score (nSPS) is 16.6. The van der Waals surface area contributed by atoms with Gasteiger partial charge in [-0.2, -0.15) is 0 Å². The Morgan fingerprint density at radius 3 is 2.21 bits per heavy atom. The summed E-state index contributed by atoms with van der Waals surface area (Å²) >= 11 is 0. The number of carboxylic acids is 1. The maximum atomic E-state index is 13.6. The van der Waals surface area contributed by atoms with Gasteiger partial charge < -0.3 is 20.3 Å². The molecule has 1 aliphatic heterocycles. The number of aliphatic carboxylic acids is 1. The van der Waals surface area contributed by atoms with E-state index in [0.717, 1.165) is 30.7 Å². The summed E-state index contributed by atoms with van der Waals surface area (Å²) in [5, 5.41) is 25.6. The Labute approximate surface area is 260 Å². The Hall–Kier alpha value is -4.17. The van der Waals surface area contributed by atoms with Crippen molar-refractivity contribution in [3.8, 4) is 0 Å². The number of carbonyl (C=O) groups excluding carboxylic acids is 1. The largest absolute Gasteiger partial charge is 0.625 e. The molecular formula is C34H31FN3NiO4-. The van der Waals surface area contributed by atoms with Crippen LogP contribution < -0.4 is 0 Å². The summed E-state index contributed by atoms with van der Waals surface area (Å²) in [5.74, 6) is -2.13. The number of aliphatic hydroxyl groups excluding tert-OH is 1. The number of carboxylic acid groups (broad SMARTS) is 1. The van der Waals surface area contributed by atoms with E-state index in [9.17, 15) is 24.2 Å². The van der Waals surface area contributed by atoms with Crippen LogP contribution >= 0.6 is 0 Å². The minimum absolute atomic E-state index is 0. The second kappa shape index (κ2) is 14.8. The van der Waals surface area contributed by atoms with Gasteiger partial charge in [0.1, 0.15) is 11.9 Å². The summed E-state index contributed by atoms with van der Waals surface area (Å²) in [6, 6.07) is 28.9. The van der Waals surface area contributed by atoms with E-state index in [1.807, 2.05) is 36.4 Å². The minimum atomic E-state index is -1.61. The van der Waals surface area contributed by atoms with Crippen LogP contribution in [0.25, 0.3) is 5.32 Å². The first kappa shape index (κ1) is 31.8. The van der Waals surface area contributed by atoms with E-state index in [4.69, 9.17) is 0 Å². The van der Waals surface area contributed by atoms with Crippen molar-refractivity contribution in [3.63, 3.8) is 0 Å². The molecule has 3 atom stereocenters. The summed E-state index contributed by atoms with van der Waals surface area (Å²) < 4.78 is 13.5. The van der Waals surface area contributed by atoms with Crippen LogP contribution in [0.1, 0.15) is 41.2 Å². The number of hydrogen-bond donors (Lipinski definition) is 2. The molecule has 0 spiro atoms. The smallest absolute Gasteiger partial charge is 0.331 e. The molecule has 0 unspecified atom stereocenters. The Kier molecular flexibility index (Phi) is 11.0.